The van der Waals surface area contributed by atoms with Gasteiger partial charge in [-0.1, -0.05) is 30.3 Å². The van der Waals surface area contributed by atoms with Crippen molar-refractivity contribution in [3.8, 4) is 17.2 Å². The number of hydroxylamine groups is 2. The van der Waals surface area contributed by atoms with E-state index in [9.17, 15) is 14.7 Å². The number of nitrogens with zero attached hydrogens (tertiary/aromatic N) is 2. The number of para-hydroxylation sites is 1. The lowest BCUT2D eigenvalue weighted by Gasteiger charge is -2.24. The normalized spacial score (nSPS) is 10.2. The first-order valence-corrected chi connectivity index (χ1v) is 8.94. The average molecular weight is 392 g/mol. The summed E-state index contributed by atoms with van der Waals surface area (Å²) in [5.74, 6) is -0.377. The molecule has 0 unspecified atom stereocenters. The van der Waals surface area contributed by atoms with E-state index in [1.54, 1.807) is 60.9 Å². The molecule has 148 valence electrons. The second-order valence-corrected chi connectivity index (χ2v) is 6.22. The lowest BCUT2D eigenvalue weighted by atomic mass is 10.1. The van der Waals surface area contributed by atoms with Crippen molar-refractivity contribution in [2.75, 3.05) is 0 Å². The van der Waals surface area contributed by atoms with E-state index in [4.69, 9.17) is 9.57 Å². The van der Waals surface area contributed by atoms with E-state index in [0.29, 0.717) is 5.75 Å². The molecule has 1 N–H and O–H groups in total. The maximum Gasteiger partial charge on any atom is 0.308 e. The topological polar surface area (TPSA) is 89.0 Å². The van der Waals surface area contributed by atoms with Gasteiger partial charge in [-0.2, -0.15) is 5.06 Å². The van der Waals surface area contributed by atoms with Crippen LogP contribution in [0, 0.1) is 0 Å². The summed E-state index contributed by atoms with van der Waals surface area (Å²) in [4.78, 5) is 34.2. The summed E-state index contributed by atoms with van der Waals surface area (Å²) in [7, 11) is 0. The molecule has 0 aliphatic heterocycles. The molecule has 0 aliphatic rings. The smallest absolute Gasteiger partial charge is 0.308 e. The molecule has 1 heterocycles. The number of aromatic nitrogens is 1. The van der Waals surface area contributed by atoms with Crippen molar-refractivity contribution >= 4 is 11.9 Å². The molecule has 3 aromatic rings. The van der Waals surface area contributed by atoms with Crippen LogP contribution in [0.25, 0.3) is 0 Å². The Hall–Kier alpha value is -3.87. The van der Waals surface area contributed by atoms with Gasteiger partial charge in [-0.15, -0.1) is 0 Å². The standard InChI is InChI=1S/C22H20N2O5/c1-16(25)28-21-11-5-10-20(26)19(21)15-24(29-18-8-3-2-4-9-18)22(27)13-17-7-6-12-23-14-17/h2-12,14,26H,13,15H2,1H3. The highest BCUT2D eigenvalue weighted by molar-refractivity contribution is 5.78. The van der Waals surface area contributed by atoms with Crippen LogP contribution in [-0.4, -0.2) is 27.0 Å². The first-order chi connectivity index (χ1) is 14.0. The zero-order valence-corrected chi connectivity index (χ0v) is 15.8. The average Bonchev–Trinajstić information content (AvgIpc) is 2.71. The van der Waals surface area contributed by atoms with E-state index in [0.717, 1.165) is 10.6 Å². The van der Waals surface area contributed by atoms with Gasteiger partial charge in [0.25, 0.3) is 5.91 Å². The minimum absolute atomic E-state index is 0.0527. The molecule has 29 heavy (non-hydrogen) atoms. The van der Waals surface area contributed by atoms with Crippen LogP contribution >= 0.6 is 0 Å². The summed E-state index contributed by atoms with van der Waals surface area (Å²) < 4.78 is 5.17. The van der Waals surface area contributed by atoms with Crippen LogP contribution in [0.1, 0.15) is 18.1 Å². The molecule has 1 amide bonds. The SMILES string of the molecule is CC(=O)Oc1cccc(O)c1CN(Oc1ccccc1)C(=O)Cc1cccnc1. The summed E-state index contributed by atoms with van der Waals surface area (Å²) in [6.07, 6.45) is 3.28. The molecule has 3 rings (SSSR count). The number of carbonyl (C=O) groups is 2. The molecule has 7 nitrogen and oxygen atoms in total. The monoisotopic (exact) mass is 392 g/mol. The van der Waals surface area contributed by atoms with Crippen LogP contribution in [0.5, 0.6) is 17.2 Å². The summed E-state index contributed by atoms with van der Waals surface area (Å²) >= 11 is 0. The molecule has 7 heteroatoms. The van der Waals surface area contributed by atoms with Gasteiger partial charge in [0, 0.05) is 19.3 Å². The molecule has 0 spiro atoms. The van der Waals surface area contributed by atoms with E-state index >= 15 is 0 Å². The third-order valence-electron chi connectivity index (χ3n) is 3.98. The third-order valence-corrected chi connectivity index (χ3v) is 3.98. The summed E-state index contributed by atoms with van der Waals surface area (Å²) in [6.45, 7) is 1.14. The van der Waals surface area contributed by atoms with Gasteiger partial charge in [-0.3, -0.25) is 14.6 Å². The van der Waals surface area contributed by atoms with Crippen molar-refractivity contribution in [2.45, 2.75) is 19.9 Å². The summed E-state index contributed by atoms with van der Waals surface area (Å²) in [5, 5.41) is 11.4. The second kappa shape index (κ2) is 9.36. The van der Waals surface area contributed by atoms with Crippen LogP contribution in [0.3, 0.4) is 0 Å². The van der Waals surface area contributed by atoms with Crippen LogP contribution < -0.4 is 9.57 Å². The minimum atomic E-state index is -0.533. The fraction of sp³-hybridized carbons (Fsp3) is 0.136. The van der Waals surface area contributed by atoms with Gasteiger partial charge in [0.05, 0.1) is 18.5 Å². The fourth-order valence-corrected chi connectivity index (χ4v) is 2.65. The van der Waals surface area contributed by atoms with Crippen molar-refractivity contribution in [3.05, 3.63) is 84.2 Å². The van der Waals surface area contributed by atoms with Crippen LogP contribution in [0.2, 0.25) is 0 Å². The quantitative estimate of drug-likeness (QED) is 0.377. The number of phenols is 1. The molecule has 0 atom stereocenters. The number of aromatic hydroxyl groups is 1. The zero-order chi connectivity index (χ0) is 20.6. The summed E-state index contributed by atoms with van der Waals surface area (Å²) in [6, 6.07) is 16.9. The number of rotatable bonds is 7. The van der Waals surface area contributed by atoms with E-state index in [2.05, 4.69) is 4.98 Å². The number of esters is 1. The molecule has 2 aromatic carbocycles. The molecule has 0 fully saturated rings. The fourth-order valence-electron chi connectivity index (χ4n) is 2.65. The van der Waals surface area contributed by atoms with Gasteiger partial charge < -0.3 is 14.7 Å². The van der Waals surface area contributed by atoms with E-state index in [1.807, 2.05) is 6.07 Å². The second-order valence-electron chi connectivity index (χ2n) is 6.22. The Morgan fingerprint density at radius 3 is 2.52 bits per heavy atom. The largest absolute Gasteiger partial charge is 0.507 e. The maximum atomic E-state index is 12.9. The van der Waals surface area contributed by atoms with Gasteiger partial charge in [-0.05, 0) is 35.9 Å². The molecular weight excluding hydrogens is 372 g/mol. The van der Waals surface area contributed by atoms with Gasteiger partial charge in [-0.25, -0.2) is 0 Å². The zero-order valence-electron chi connectivity index (χ0n) is 15.8. The van der Waals surface area contributed by atoms with E-state index < -0.39 is 5.97 Å². The van der Waals surface area contributed by atoms with Crippen molar-refractivity contribution in [3.63, 3.8) is 0 Å². The lowest BCUT2D eigenvalue weighted by Crippen LogP contribution is -2.35. The first-order valence-electron chi connectivity index (χ1n) is 8.94. The number of hydrogen-bond acceptors (Lipinski definition) is 6. The lowest BCUT2D eigenvalue weighted by molar-refractivity contribution is -0.158. The Morgan fingerprint density at radius 1 is 1.03 bits per heavy atom. The van der Waals surface area contributed by atoms with Crippen LogP contribution in [0.15, 0.2) is 73.1 Å². The molecule has 0 bridgehead atoms. The predicted molar refractivity (Wildman–Crippen MR) is 105 cm³/mol. The molecular formula is C22H20N2O5. The molecule has 1 aromatic heterocycles. The Bertz CT molecular complexity index is 977. The first kappa shape index (κ1) is 19.9. The number of hydrogen-bond donors (Lipinski definition) is 1. The number of ether oxygens (including phenoxy) is 1. The highest BCUT2D eigenvalue weighted by Gasteiger charge is 2.22. The molecule has 0 saturated heterocycles. The number of benzene rings is 2. The molecule has 0 radical (unpaired) electrons. The van der Waals surface area contributed by atoms with Gasteiger partial charge in [0.2, 0.25) is 0 Å². The Kier molecular flexibility index (Phi) is 6.42. The minimum Gasteiger partial charge on any atom is -0.507 e. The Morgan fingerprint density at radius 2 is 1.83 bits per heavy atom. The van der Waals surface area contributed by atoms with Crippen molar-refractivity contribution in [2.24, 2.45) is 0 Å². The maximum absolute atomic E-state index is 12.9. The van der Waals surface area contributed by atoms with Crippen LogP contribution in [0.4, 0.5) is 0 Å². The van der Waals surface area contributed by atoms with Crippen molar-refractivity contribution in [1.29, 1.82) is 0 Å². The number of carbonyl (C=O) groups excluding carboxylic acids is 2. The van der Waals surface area contributed by atoms with E-state index in [-0.39, 0.29) is 35.9 Å². The van der Waals surface area contributed by atoms with Gasteiger partial charge >= 0.3 is 5.97 Å². The highest BCUT2D eigenvalue weighted by atomic mass is 16.7. The van der Waals surface area contributed by atoms with E-state index in [1.165, 1.54) is 13.0 Å². The van der Waals surface area contributed by atoms with Gasteiger partial charge in [0.15, 0.2) is 5.75 Å². The highest BCUT2D eigenvalue weighted by Crippen LogP contribution is 2.30. The Labute approximate surface area is 168 Å². The predicted octanol–water partition coefficient (Wildman–Crippen LogP) is 3.28. The molecule has 0 aliphatic carbocycles. The number of pyridine rings is 1. The number of amides is 1. The third kappa shape index (κ3) is 5.55. The molecule has 0 saturated carbocycles. The summed E-state index contributed by atoms with van der Waals surface area (Å²) in [5.41, 5.74) is 0.981. The van der Waals surface area contributed by atoms with Gasteiger partial charge in [0.1, 0.15) is 11.5 Å². The van der Waals surface area contributed by atoms with Crippen molar-refractivity contribution in [1.82, 2.24) is 10.0 Å². The van der Waals surface area contributed by atoms with Crippen molar-refractivity contribution < 1.29 is 24.3 Å². The Balaban J connectivity index is 1.89. The number of phenolic OH excluding ortho intramolecular Hbond substituents is 1. The van der Waals surface area contributed by atoms with Crippen LogP contribution in [-0.2, 0) is 22.6 Å².